The van der Waals surface area contributed by atoms with Gasteiger partial charge in [-0.2, -0.15) is 0 Å². The minimum Gasteiger partial charge on any atom is -0.464 e. The molecule has 0 radical (unpaired) electrons. The highest BCUT2D eigenvalue weighted by Gasteiger charge is 2.37. The van der Waals surface area contributed by atoms with E-state index in [1.165, 1.54) is 33.8 Å². The Morgan fingerprint density at radius 2 is 1.78 bits per heavy atom. The first kappa shape index (κ1) is 30.9. The van der Waals surface area contributed by atoms with Crippen molar-refractivity contribution in [3.05, 3.63) is 72.2 Å². The molecule has 2 N–H and O–H groups in total. The Morgan fingerprint density at radius 1 is 1.00 bits per heavy atom. The fourth-order valence-corrected chi connectivity index (χ4v) is 7.12. The molecule has 1 aliphatic carbocycles. The van der Waals surface area contributed by atoms with Crippen LogP contribution >= 0.6 is 0 Å². The molecule has 1 saturated heterocycles. The van der Waals surface area contributed by atoms with E-state index in [1.54, 1.807) is 25.1 Å². The summed E-state index contributed by atoms with van der Waals surface area (Å²) in [5.41, 5.74) is 1.64. The SMILES string of the molecule is Cc1ccc(C(C(=O)NC2CCCCC2)N(C(=O)Cn2nnc3ccccc32)c2ccc(S(=O)(=O)NCC3CCCO3)cc2)o1. The van der Waals surface area contributed by atoms with Gasteiger partial charge in [0.1, 0.15) is 23.6 Å². The van der Waals surface area contributed by atoms with Gasteiger partial charge in [-0.25, -0.2) is 17.8 Å². The molecule has 2 aromatic heterocycles. The van der Waals surface area contributed by atoms with Crippen LogP contribution in [0.1, 0.15) is 62.5 Å². The molecule has 4 aromatic rings. The number of fused-ring (bicyclic) bond motifs is 1. The van der Waals surface area contributed by atoms with Gasteiger partial charge in [0.2, 0.25) is 15.9 Å². The van der Waals surface area contributed by atoms with Crippen LogP contribution in [0.4, 0.5) is 5.69 Å². The van der Waals surface area contributed by atoms with Gasteiger partial charge in [-0.3, -0.25) is 14.5 Å². The monoisotopic (exact) mass is 634 g/mol. The molecule has 2 atom stereocenters. The number of para-hydroxylation sites is 1. The molecule has 2 fully saturated rings. The second-order valence-electron chi connectivity index (χ2n) is 11.7. The van der Waals surface area contributed by atoms with E-state index in [9.17, 15) is 18.0 Å². The topological polar surface area (TPSA) is 149 Å². The van der Waals surface area contributed by atoms with Crippen molar-refractivity contribution in [2.24, 2.45) is 0 Å². The van der Waals surface area contributed by atoms with Crippen LogP contribution in [0.5, 0.6) is 0 Å². The number of nitrogens with one attached hydrogen (secondary N) is 2. The minimum absolute atomic E-state index is 0.0107. The molecular formula is C32H38N6O6S. The zero-order valence-electron chi connectivity index (χ0n) is 25.2. The summed E-state index contributed by atoms with van der Waals surface area (Å²) in [6.45, 7) is 2.37. The van der Waals surface area contributed by atoms with Crippen LogP contribution in [0.25, 0.3) is 11.0 Å². The van der Waals surface area contributed by atoms with Gasteiger partial charge in [0, 0.05) is 24.9 Å². The van der Waals surface area contributed by atoms with Crippen molar-refractivity contribution >= 4 is 38.6 Å². The van der Waals surface area contributed by atoms with Crippen molar-refractivity contribution in [1.29, 1.82) is 0 Å². The standard InChI is InChI=1S/C32H38N6O6S/c1-22-13-18-29(44-22)31(32(40)34-23-8-3-2-4-9-23)38(30(39)21-37-28-12-6-5-11-27(28)35-36-37)24-14-16-26(17-15-24)45(41,42)33-20-25-10-7-19-43-25/h5-6,11-18,23,25,31,33H,2-4,7-10,19-21H2,1H3,(H,34,40). The summed E-state index contributed by atoms with van der Waals surface area (Å²) in [4.78, 5) is 29.8. The van der Waals surface area contributed by atoms with Gasteiger partial charge in [-0.1, -0.05) is 36.6 Å². The molecular weight excluding hydrogens is 596 g/mol. The number of hydrogen-bond acceptors (Lipinski definition) is 8. The van der Waals surface area contributed by atoms with E-state index < -0.39 is 22.0 Å². The molecule has 45 heavy (non-hydrogen) atoms. The highest BCUT2D eigenvalue weighted by Crippen LogP contribution is 2.32. The first-order valence-electron chi connectivity index (χ1n) is 15.5. The number of aromatic nitrogens is 3. The number of sulfonamides is 1. The van der Waals surface area contributed by atoms with Crippen LogP contribution in [0.2, 0.25) is 0 Å². The van der Waals surface area contributed by atoms with Crippen LogP contribution in [-0.2, 0) is 30.9 Å². The quantitative estimate of drug-likeness (QED) is 0.251. The van der Waals surface area contributed by atoms with Gasteiger partial charge in [0.05, 0.1) is 16.5 Å². The number of rotatable bonds is 11. The van der Waals surface area contributed by atoms with Crippen molar-refractivity contribution < 1.29 is 27.2 Å². The highest BCUT2D eigenvalue weighted by atomic mass is 32.2. The molecule has 6 rings (SSSR count). The van der Waals surface area contributed by atoms with Gasteiger partial charge in [-0.15, -0.1) is 5.10 Å². The Kier molecular flexibility index (Phi) is 9.29. The third-order valence-corrected chi connectivity index (χ3v) is 9.85. The third-order valence-electron chi connectivity index (χ3n) is 8.41. The molecule has 12 nitrogen and oxygen atoms in total. The maximum atomic E-state index is 14.3. The van der Waals surface area contributed by atoms with E-state index in [0.717, 1.165) is 44.9 Å². The number of carbonyl (C=O) groups excluding carboxylic acids is 2. The molecule has 1 saturated carbocycles. The first-order valence-corrected chi connectivity index (χ1v) is 16.9. The lowest BCUT2D eigenvalue weighted by molar-refractivity contribution is -0.128. The Hall–Kier alpha value is -4.07. The smallest absolute Gasteiger partial charge is 0.251 e. The van der Waals surface area contributed by atoms with Crippen molar-refractivity contribution in [1.82, 2.24) is 25.0 Å². The van der Waals surface area contributed by atoms with E-state index in [1.807, 2.05) is 18.2 Å². The number of benzene rings is 2. The summed E-state index contributed by atoms with van der Waals surface area (Å²) in [5.74, 6) is 0.0695. The number of furan rings is 1. The normalized spacial score (nSPS) is 18.2. The Labute approximate surface area is 262 Å². The zero-order chi connectivity index (χ0) is 31.4. The average Bonchev–Trinajstić information content (AvgIpc) is 3.81. The Balaban J connectivity index is 1.34. The van der Waals surface area contributed by atoms with Crippen LogP contribution in [-0.4, -0.2) is 60.5 Å². The van der Waals surface area contributed by atoms with E-state index in [0.29, 0.717) is 34.8 Å². The van der Waals surface area contributed by atoms with E-state index in [4.69, 9.17) is 9.15 Å². The fraction of sp³-hybridized carbons (Fsp3) is 0.438. The van der Waals surface area contributed by atoms with Gasteiger partial charge in [0.25, 0.3) is 5.91 Å². The van der Waals surface area contributed by atoms with Crippen molar-refractivity contribution in [3.63, 3.8) is 0 Å². The molecule has 0 spiro atoms. The molecule has 2 aliphatic rings. The minimum atomic E-state index is -3.83. The molecule has 2 unspecified atom stereocenters. The summed E-state index contributed by atoms with van der Waals surface area (Å²) in [7, 11) is -3.83. The van der Waals surface area contributed by atoms with Gasteiger partial charge in [-0.05, 0) is 81.1 Å². The zero-order valence-corrected chi connectivity index (χ0v) is 26.0. The van der Waals surface area contributed by atoms with E-state index in [-0.39, 0.29) is 36.0 Å². The number of anilines is 1. The number of nitrogens with zero attached hydrogens (tertiary/aromatic N) is 4. The summed E-state index contributed by atoms with van der Waals surface area (Å²) in [6, 6.07) is 15.5. The van der Waals surface area contributed by atoms with Crippen molar-refractivity contribution in [2.45, 2.75) is 81.5 Å². The summed E-state index contributed by atoms with van der Waals surface area (Å²) < 4.78 is 41.8. The lowest BCUT2D eigenvalue weighted by Gasteiger charge is -2.32. The second-order valence-corrected chi connectivity index (χ2v) is 13.4. The summed E-state index contributed by atoms with van der Waals surface area (Å²) in [6.07, 6.45) is 6.44. The third kappa shape index (κ3) is 7.10. The van der Waals surface area contributed by atoms with Crippen molar-refractivity contribution in [2.75, 3.05) is 18.1 Å². The van der Waals surface area contributed by atoms with Gasteiger partial charge in [0.15, 0.2) is 6.04 Å². The lowest BCUT2D eigenvalue weighted by Crippen LogP contribution is -2.48. The number of hydrogen-bond donors (Lipinski definition) is 2. The molecule has 238 valence electrons. The first-order chi connectivity index (χ1) is 21.8. The number of ether oxygens (including phenoxy) is 1. The molecule has 2 aromatic carbocycles. The maximum Gasteiger partial charge on any atom is 0.251 e. The summed E-state index contributed by atoms with van der Waals surface area (Å²) in [5, 5.41) is 11.5. The average molecular weight is 635 g/mol. The van der Waals surface area contributed by atoms with E-state index in [2.05, 4.69) is 20.4 Å². The number of amides is 2. The highest BCUT2D eigenvalue weighted by molar-refractivity contribution is 7.89. The molecule has 0 bridgehead atoms. The number of carbonyl (C=O) groups is 2. The Bertz CT molecular complexity index is 1740. The van der Waals surface area contributed by atoms with Gasteiger partial charge < -0.3 is 14.5 Å². The van der Waals surface area contributed by atoms with Crippen LogP contribution in [0.3, 0.4) is 0 Å². The van der Waals surface area contributed by atoms with E-state index >= 15 is 0 Å². The predicted octanol–water partition coefficient (Wildman–Crippen LogP) is 4.01. The molecule has 13 heteroatoms. The largest absolute Gasteiger partial charge is 0.464 e. The number of aryl methyl sites for hydroxylation is 1. The fourth-order valence-electron chi connectivity index (χ4n) is 6.05. The molecule has 3 heterocycles. The van der Waals surface area contributed by atoms with Crippen molar-refractivity contribution in [3.8, 4) is 0 Å². The Morgan fingerprint density at radius 3 is 2.49 bits per heavy atom. The van der Waals surface area contributed by atoms with Gasteiger partial charge >= 0.3 is 0 Å². The molecule has 1 aliphatic heterocycles. The predicted molar refractivity (Wildman–Crippen MR) is 167 cm³/mol. The molecule has 2 amide bonds. The van der Waals surface area contributed by atoms with Crippen LogP contribution in [0, 0.1) is 6.92 Å². The second kappa shape index (κ2) is 13.5. The van der Waals surface area contributed by atoms with Crippen LogP contribution < -0.4 is 14.9 Å². The summed E-state index contributed by atoms with van der Waals surface area (Å²) >= 11 is 0. The maximum absolute atomic E-state index is 14.3. The van der Waals surface area contributed by atoms with Crippen LogP contribution in [0.15, 0.2) is 70.0 Å². The lowest BCUT2D eigenvalue weighted by atomic mass is 9.95.